The molecule has 0 amide bonds. The predicted octanol–water partition coefficient (Wildman–Crippen LogP) is 2.79. The summed E-state index contributed by atoms with van der Waals surface area (Å²) < 4.78 is 50.8. The van der Waals surface area contributed by atoms with E-state index in [1.165, 1.54) is 29.9 Å². The van der Waals surface area contributed by atoms with Crippen LogP contribution in [0.15, 0.2) is 48.8 Å². The molecule has 2 aromatic heterocycles. The molecule has 3 heterocycles. The van der Waals surface area contributed by atoms with Gasteiger partial charge in [-0.1, -0.05) is 24.6 Å². The molecule has 2 aliphatic carbocycles. The highest BCUT2D eigenvalue weighted by Crippen LogP contribution is 2.70. The van der Waals surface area contributed by atoms with Crippen LogP contribution in [-0.4, -0.2) is 68.6 Å². The molecule has 1 aromatic carbocycles. The average Bonchev–Trinajstić information content (AvgIpc) is 3.25. The van der Waals surface area contributed by atoms with Crippen LogP contribution in [0.2, 0.25) is 0 Å². The third-order valence-electron chi connectivity index (χ3n) is 8.44. The van der Waals surface area contributed by atoms with Gasteiger partial charge in [0.15, 0.2) is 18.0 Å². The molecule has 1 unspecified atom stereocenters. The molecular formula is C30H33N6O10P. The van der Waals surface area contributed by atoms with Crippen molar-refractivity contribution in [3.8, 4) is 11.8 Å². The van der Waals surface area contributed by atoms with Gasteiger partial charge in [0.1, 0.15) is 35.8 Å². The molecular weight excluding hydrogens is 635 g/mol. The van der Waals surface area contributed by atoms with Gasteiger partial charge in [0.25, 0.3) is 0 Å². The van der Waals surface area contributed by atoms with Gasteiger partial charge in [-0.25, -0.2) is 14.1 Å². The Morgan fingerprint density at radius 2 is 1.94 bits per heavy atom. The number of aromatic nitrogens is 3. The van der Waals surface area contributed by atoms with Gasteiger partial charge >= 0.3 is 25.7 Å². The lowest BCUT2D eigenvalue weighted by Gasteiger charge is -2.30. The van der Waals surface area contributed by atoms with Gasteiger partial charge in [0, 0.05) is 13.8 Å². The summed E-state index contributed by atoms with van der Waals surface area (Å²) in [5, 5.41) is 17.4. The van der Waals surface area contributed by atoms with E-state index in [0.717, 1.165) is 33.1 Å². The van der Waals surface area contributed by atoms with Crippen molar-refractivity contribution in [1.82, 2.24) is 19.7 Å². The predicted molar refractivity (Wildman–Crippen MR) is 160 cm³/mol. The molecule has 2 saturated carbocycles. The first kappa shape index (κ1) is 32.4. The zero-order valence-electron chi connectivity index (χ0n) is 25.7. The number of benzene rings is 1. The van der Waals surface area contributed by atoms with Crippen LogP contribution >= 0.6 is 7.75 Å². The van der Waals surface area contributed by atoms with Crippen LogP contribution in [0.4, 0.5) is 5.82 Å². The van der Waals surface area contributed by atoms with Gasteiger partial charge in [-0.2, -0.15) is 15.4 Å². The van der Waals surface area contributed by atoms with Crippen molar-refractivity contribution < 1.29 is 46.9 Å². The molecule has 3 fully saturated rings. The number of nitrogen functional groups attached to an aromatic ring is 1. The van der Waals surface area contributed by atoms with E-state index >= 15 is 0 Å². The van der Waals surface area contributed by atoms with Crippen LogP contribution in [0.25, 0.3) is 5.52 Å². The topological polar surface area (TPSA) is 216 Å². The third kappa shape index (κ3) is 5.69. The molecule has 0 spiro atoms. The number of hydrogen-bond acceptors (Lipinski definition) is 14. The Bertz CT molecular complexity index is 1790. The molecule has 3 aromatic rings. The molecule has 3 N–H and O–H groups in total. The Morgan fingerprint density at radius 3 is 2.57 bits per heavy atom. The first-order valence-corrected chi connectivity index (χ1v) is 16.5. The van der Waals surface area contributed by atoms with Gasteiger partial charge in [0.05, 0.1) is 12.3 Å². The fraction of sp³-hybridized carbons (Fsp3) is 0.467. The van der Waals surface area contributed by atoms with Crippen molar-refractivity contribution in [2.24, 2.45) is 5.92 Å². The van der Waals surface area contributed by atoms with Crippen LogP contribution in [0.3, 0.4) is 0 Å². The Labute approximate surface area is 269 Å². The Hall–Kier alpha value is -4.55. The van der Waals surface area contributed by atoms with E-state index in [4.69, 9.17) is 33.7 Å². The summed E-state index contributed by atoms with van der Waals surface area (Å²) in [4.78, 5) is 41.9. The smallest absolute Gasteiger partial charge is 0.460 e. The molecule has 1 aliphatic heterocycles. The van der Waals surface area contributed by atoms with E-state index in [0.29, 0.717) is 5.52 Å². The summed E-state index contributed by atoms with van der Waals surface area (Å²) in [6.07, 6.45) is -0.194. The summed E-state index contributed by atoms with van der Waals surface area (Å²) in [5.41, 5.74) is 2.40. The lowest BCUT2D eigenvalue weighted by molar-refractivity contribution is -0.174. The number of carbonyl (C=O) groups is 3. The summed E-state index contributed by atoms with van der Waals surface area (Å²) in [6.45, 7) is 3.85. The van der Waals surface area contributed by atoms with E-state index in [-0.39, 0.29) is 29.8 Å². The van der Waals surface area contributed by atoms with Gasteiger partial charge in [-0.15, -0.1) is 0 Å². The van der Waals surface area contributed by atoms with Crippen LogP contribution in [0.5, 0.6) is 5.75 Å². The van der Waals surface area contributed by atoms with Gasteiger partial charge in [-0.3, -0.25) is 18.9 Å². The molecule has 248 valence electrons. The zero-order chi connectivity index (χ0) is 33.6. The SMILES string of the molecule is CC(=O)O[C@H]1[C@H](c2ccc3c(N)ncnn23)O[C@]2(C#N)C(O[P@](=O)(N[C@@H](C)C(=O)OCC3CCC3)Oc3ccccc3)[C@]12OC(C)=O. The number of carbonyl (C=O) groups excluding carboxylic acids is 3. The maximum Gasteiger partial charge on any atom is 0.460 e. The van der Waals surface area contributed by atoms with E-state index in [9.17, 15) is 24.2 Å². The van der Waals surface area contributed by atoms with Crippen molar-refractivity contribution in [2.45, 2.75) is 75.6 Å². The molecule has 47 heavy (non-hydrogen) atoms. The Kier molecular flexibility index (Phi) is 8.43. The summed E-state index contributed by atoms with van der Waals surface area (Å²) in [6, 6.07) is 12.0. The number of nitriles is 1. The highest BCUT2D eigenvalue weighted by atomic mass is 31.2. The zero-order valence-corrected chi connectivity index (χ0v) is 26.6. The molecule has 1 saturated heterocycles. The molecule has 7 atom stereocenters. The molecule has 6 rings (SSSR count). The highest BCUT2D eigenvalue weighted by molar-refractivity contribution is 7.52. The van der Waals surface area contributed by atoms with Crippen LogP contribution < -0.4 is 15.3 Å². The largest absolute Gasteiger partial charge is 0.464 e. The fourth-order valence-corrected chi connectivity index (χ4v) is 7.72. The van der Waals surface area contributed by atoms with Gasteiger partial charge < -0.3 is 29.2 Å². The second kappa shape index (κ2) is 12.2. The van der Waals surface area contributed by atoms with Crippen molar-refractivity contribution in [1.29, 1.82) is 5.26 Å². The highest BCUT2D eigenvalue weighted by Gasteiger charge is 2.95. The summed E-state index contributed by atoms with van der Waals surface area (Å²) in [7, 11) is -4.62. The second-order valence-corrected chi connectivity index (χ2v) is 13.3. The molecule has 0 bridgehead atoms. The normalized spacial score (nSPS) is 28.2. The van der Waals surface area contributed by atoms with Crippen LogP contribution in [0, 0.1) is 17.2 Å². The van der Waals surface area contributed by atoms with Crippen molar-refractivity contribution >= 4 is 37.0 Å². The van der Waals surface area contributed by atoms with Crippen molar-refractivity contribution in [2.75, 3.05) is 12.3 Å². The van der Waals surface area contributed by atoms with Crippen LogP contribution in [0.1, 0.15) is 51.8 Å². The number of ether oxygens (including phenoxy) is 4. The number of anilines is 1. The first-order chi connectivity index (χ1) is 22.4. The maximum absolute atomic E-state index is 14.5. The lowest BCUT2D eigenvalue weighted by Crippen LogP contribution is -2.43. The number of nitrogens with two attached hydrogens (primary N) is 1. The molecule has 3 aliphatic rings. The monoisotopic (exact) mass is 668 g/mol. The van der Waals surface area contributed by atoms with Crippen molar-refractivity contribution in [3.63, 3.8) is 0 Å². The van der Waals surface area contributed by atoms with E-state index in [1.54, 1.807) is 30.3 Å². The van der Waals surface area contributed by atoms with E-state index in [1.807, 2.05) is 6.07 Å². The first-order valence-electron chi connectivity index (χ1n) is 14.9. The number of para-hydroxylation sites is 1. The number of rotatable bonds is 12. The Balaban J connectivity index is 1.36. The van der Waals surface area contributed by atoms with Gasteiger partial charge in [0.2, 0.25) is 11.2 Å². The minimum absolute atomic E-state index is 0.101. The minimum Gasteiger partial charge on any atom is -0.464 e. The number of nitrogens with zero attached hydrogens (tertiary/aromatic N) is 4. The number of hydrogen-bond donors (Lipinski definition) is 2. The molecule has 16 nitrogen and oxygen atoms in total. The molecule has 0 radical (unpaired) electrons. The maximum atomic E-state index is 14.5. The fourth-order valence-electron chi connectivity index (χ4n) is 6.01. The number of nitrogens with one attached hydrogen (secondary N) is 1. The van der Waals surface area contributed by atoms with E-state index < -0.39 is 61.2 Å². The number of esters is 3. The average molecular weight is 669 g/mol. The van der Waals surface area contributed by atoms with Crippen molar-refractivity contribution in [3.05, 3.63) is 54.5 Å². The molecule has 17 heteroatoms. The van der Waals surface area contributed by atoms with E-state index in [2.05, 4.69) is 15.2 Å². The quantitative estimate of drug-likeness (QED) is 0.161. The van der Waals surface area contributed by atoms with Crippen LogP contribution in [-0.2, 0) is 42.4 Å². The lowest BCUT2D eigenvalue weighted by atomic mass is 9.86. The standard InChI is InChI=1S/C30H33N6O10P/c1-17(27(39)41-14-20-8-7-9-20)35-47(40,45-21-10-5-4-6-11-21)46-28-29(15-31)30(28,43-19(3)38)25(42-18(2)37)24(44-29)22-12-13-23-26(32)33-16-34-36(22)23/h4-6,10-13,16-17,20,24-25,28H,7-9,14H2,1-3H3,(H,35,40)(H2,32,33,34)/t17-,24-,25-,28?,29+,30+,47-/m0/s1. The minimum atomic E-state index is -4.62. The second-order valence-electron chi connectivity index (χ2n) is 11.7. The third-order valence-corrected chi connectivity index (χ3v) is 10.1. The Morgan fingerprint density at radius 1 is 1.19 bits per heavy atom. The van der Waals surface area contributed by atoms with Gasteiger partial charge in [-0.05, 0) is 49.9 Å². The number of fused-ring (bicyclic) bond motifs is 2. The summed E-state index contributed by atoms with van der Waals surface area (Å²) in [5.74, 6) is -1.85. The summed E-state index contributed by atoms with van der Waals surface area (Å²) >= 11 is 0.